The predicted octanol–water partition coefficient (Wildman–Crippen LogP) is 2.25. The summed E-state index contributed by atoms with van der Waals surface area (Å²) < 4.78 is 11.1. The fourth-order valence-electron chi connectivity index (χ4n) is 3.44. The maximum atomic E-state index is 5.78. The highest BCUT2D eigenvalue weighted by atomic mass is 16.5. The van der Waals surface area contributed by atoms with Crippen molar-refractivity contribution in [2.75, 3.05) is 59.1 Å². The fourth-order valence-corrected chi connectivity index (χ4v) is 3.44. The van der Waals surface area contributed by atoms with E-state index in [1.165, 1.54) is 45.3 Å². The van der Waals surface area contributed by atoms with Crippen molar-refractivity contribution in [3.8, 4) is 0 Å². The highest BCUT2D eigenvalue weighted by Gasteiger charge is 2.15. The number of nitrogens with one attached hydrogen (secondary N) is 2. The van der Waals surface area contributed by atoms with Gasteiger partial charge < -0.3 is 25.0 Å². The number of nitrogens with zero attached hydrogens (tertiary/aromatic N) is 2. The quantitative estimate of drug-likeness (QED) is 0.333. The number of rotatable bonds is 11. The summed E-state index contributed by atoms with van der Waals surface area (Å²) in [7, 11) is 0. The summed E-state index contributed by atoms with van der Waals surface area (Å²) in [5, 5.41) is 6.78. The van der Waals surface area contributed by atoms with E-state index in [1.807, 2.05) is 0 Å². The zero-order chi connectivity index (χ0) is 18.5. The van der Waals surface area contributed by atoms with E-state index >= 15 is 0 Å². The van der Waals surface area contributed by atoms with Crippen LogP contribution in [0.5, 0.6) is 0 Å². The van der Waals surface area contributed by atoms with Gasteiger partial charge in [-0.25, -0.2) is 0 Å². The van der Waals surface area contributed by atoms with Gasteiger partial charge >= 0.3 is 0 Å². The summed E-state index contributed by atoms with van der Waals surface area (Å²) in [5.74, 6) is 1.85. The smallest absolute Gasteiger partial charge is 0.191 e. The number of likely N-dealkylation sites (tertiary alicyclic amines) is 1. The third-order valence-corrected chi connectivity index (χ3v) is 5.23. The first-order valence-electron chi connectivity index (χ1n) is 10.7. The van der Waals surface area contributed by atoms with Gasteiger partial charge in [-0.05, 0) is 71.0 Å². The molecule has 6 heteroatoms. The van der Waals surface area contributed by atoms with Gasteiger partial charge in [0.1, 0.15) is 0 Å². The van der Waals surface area contributed by atoms with Crippen molar-refractivity contribution in [3.05, 3.63) is 0 Å². The lowest BCUT2D eigenvalue weighted by Crippen LogP contribution is -2.38. The minimum absolute atomic E-state index is 0.299. The van der Waals surface area contributed by atoms with Gasteiger partial charge in [0.2, 0.25) is 0 Å². The minimum Gasteiger partial charge on any atom is -0.379 e. The molecule has 1 unspecified atom stereocenters. The van der Waals surface area contributed by atoms with Crippen LogP contribution in [0.4, 0.5) is 0 Å². The second-order valence-electron chi connectivity index (χ2n) is 7.63. The first-order chi connectivity index (χ1) is 12.8. The number of piperidine rings is 1. The molecular formula is C20H40N4O2. The number of hydrogen-bond donors (Lipinski definition) is 2. The summed E-state index contributed by atoms with van der Waals surface area (Å²) in [6.07, 6.45) is 7.48. The maximum Gasteiger partial charge on any atom is 0.191 e. The van der Waals surface area contributed by atoms with Crippen LogP contribution >= 0.6 is 0 Å². The van der Waals surface area contributed by atoms with Gasteiger partial charge in [-0.2, -0.15) is 0 Å². The number of ether oxygens (including phenoxy) is 2. The van der Waals surface area contributed by atoms with Crippen LogP contribution in [0.3, 0.4) is 0 Å². The second-order valence-corrected chi connectivity index (χ2v) is 7.63. The Kier molecular flexibility index (Phi) is 11.0. The van der Waals surface area contributed by atoms with Crippen molar-refractivity contribution in [1.29, 1.82) is 0 Å². The van der Waals surface area contributed by atoms with Gasteiger partial charge in [-0.15, -0.1) is 0 Å². The van der Waals surface area contributed by atoms with Crippen molar-refractivity contribution in [1.82, 2.24) is 15.5 Å². The average molecular weight is 369 g/mol. The zero-order valence-electron chi connectivity index (χ0n) is 17.0. The van der Waals surface area contributed by atoms with Crippen molar-refractivity contribution < 1.29 is 9.47 Å². The van der Waals surface area contributed by atoms with Gasteiger partial charge in [0.25, 0.3) is 0 Å². The molecule has 0 radical (unpaired) electrons. The third kappa shape index (κ3) is 9.19. The van der Waals surface area contributed by atoms with Crippen molar-refractivity contribution in [2.24, 2.45) is 10.9 Å². The van der Waals surface area contributed by atoms with E-state index in [1.54, 1.807) is 0 Å². The Balaban J connectivity index is 1.49. The van der Waals surface area contributed by atoms with Crippen LogP contribution in [0, 0.1) is 5.92 Å². The summed E-state index contributed by atoms with van der Waals surface area (Å²) >= 11 is 0. The van der Waals surface area contributed by atoms with Crippen LogP contribution < -0.4 is 10.6 Å². The van der Waals surface area contributed by atoms with Gasteiger partial charge in [-0.3, -0.25) is 4.99 Å². The molecule has 152 valence electrons. The Morgan fingerprint density at radius 2 is 2.00 bits per heavy atom. The van der Waals surface area contributed by atoms with Crippen LogP contribution in [0.2, 0.25) is 0 Å². The lowest BCUT2D eigenvalue weighted by atomic mass is 9.99. The van der Waals surface area contributed by atoms with Crippen molar-refractivity contribution in [3.63, 3.8) is 0 Å². The molecule has 0 saturated carbocycles. The molecule has 1 atom stereocenters. The van der Waals surface area contributed by atoms with Crippen LogP contribution in [0.1, 0.15) is 52.4 Å². The first kappa shape index (κ1) is 21.5. The number of guanidine groups is 1. The molecule has 0 bridgehead atoms. The van der Waals surface area contributed by atoms with Crippen molar-refractivity contribution in [2.45, 2.75) is 58.5 Å². The standard InChI is InChI=1S/C20H40N4O2/c1-3-21-20(23-11-6-15-26-19-9-16-25-17-19)22-10-4-5-12-24-13-7-18(2)8-14-24/h18-19H,3-17H2,1-2H3,(H2,21,22,23). The van der Waals surface area contributed by atoms with E-state index in [-0.39, 0.29) is 0 Å². The van der Waals surface area contributed by atoms with E-state index < -0.39 is 0 Å². The van der Waals surface area contributed by atoms with Crippen LogP contribution in [-0.4, -0.2) is 76.1 Å². The SMILES string of the molecule is CCNC(=NCCCOC1CCOC1)NCCCCN1CCC(C)CC1. The average Bonchev–Trinajstić information content (AvgIpc) is 3.16. The predicted molar refractivity (Wildman–Crippen MR) is 108 cm³/mol. The summed E-state index contributed by atoms with van der Waals surface area (Å²) in [5.41, 5.74) is 0. The molecule has 0 aromatic rings. The number of unbranched alkanes of at least 4 members (excludes halogenated alkanes) is 1. The molecule has 0 aromatic heterocycles. The molecule has 26 heavy (non-hydrogen) atoms. The largest absolute Gasteiger partial charge is 0.379 e. The molecule has 0 amide bonds. The Hall–Kier alpha value is -0.850. The molecule has 2 fully saturated rings. The molecule has 2 heterocycles. The third-order valence-electron chi connectivity index (χ3n) is 5.23. The molecule has 2 aliphatic rings. The lowest BCUT2D eigenvalue weighted by molar-refractivity contribution is 0.0424. The molecule has 2 N–H and O–H groups in total. The molecular weight excluding hydrogens is 328 g/mol. The van der Waals surface area contributed by atoms with E-state index in [0.29, 0.717) is 6.10 Å². The van der Waals surface area contributed by atoms with Gasteiger partial charge in [0.05, 0.1) is 12.7 Å². The van der Waals surface area contributed by atoms with Gasteiger partial charge in [0, 0.05) is 32.8 Å². The topological polar surface area (TPSA) is 58.1 Å². The monoisotopic (exact) mass is 368 g/mol. The van der Waals surface area contributed by atoms with Gasteiger partial charge in [0.15, 0.2) is 5.96 Å². The Labute approximate surface area is 160 Å². The molecule has 2 saturated heterocycles. The Morgan fingerprint density at radius 3 is 2.73 bits per heavy atom. The maximum absolute atomic E-state index is 5.78. The molecule has 0 aliphatic carbocycles. The molecule has 2 aliphatic heterocycles. The highest BCUT2D eigenvalue weighted by molar-refractivity contribution is 5.79. The van der Waals surface area contributed by atoms with E-state index in [9.17, 15) is 0 Å². The summed E-state index contributed by atoms with van der Waals surface area (Å²) in [4.78, 5) is 7.27. The number of hydrogen-bond acceptors (Lipinski definition) is 4. The first-order valence-corrected chi connectivity index (χ1v) is 10.7. The second kappa shape index (κ2) is 13.3. The zero-order valence-corrected chi connectivity index (χ0v) is 17.0. The highest BCUT2D eigenvalue weighted by Crippen LogP contribution is 2.16. The van der Waals surface area contributed by atoms with Crippen molar-refractivity contribution >= 4 is 5.96 Å². The Bertz CT molecular complexity index is 378. The lowest BCUT2D eigenvalue weighted by Gasteiger charge is -2.30. The fraction of sp³-hybridized carbons (Fsp3) is 0.950. The summed E-state index contributed by atoms with van der Waals surface area (Å²) in [6, 6.07) is 0. The van der Waals surface area contributed by atoms with Crippen LogP contribution in [0.25, 0.3) is 0 Å². The normalized spacial score (nSPS) is 22.7. The molecule has 2 rings (SSSR count). The minimum atomic E-state index is 0.299. The van der Waals surface area contributed by atoms with E-state index in [2.05, 4.69) is 34.4 Å². The number of aliphatic imine (C=N–C) groups is 1. The Morgan fingerprint density at radius 1 is 1.15 bits per heavy atom. The summed E-state index contributed by atoms with van der Waals surface area (Å²) in [6.45, 7) is 13.3. The molecule has 6 nitrogen and oxygen atoms in total. The van der Waals surface area contributed by atoms with Crippen LogP contribution in [-0.2, 0) is 9.47 Å². The molecule has 0 spiro atoms. The van der Waals surface area contributed by atoms with Gasteiger partial charge in [-0.1, -0.05) is 6.92 Å². The van der Waals surface area contributed by atoms with E-state index in [4.69, 9.17) is 9.47 Å². The van der Waals surface area contributed by atoms with Crippen LogP contribution in [0.15, 0.2) is 4.99 Å². The van der Waals surface area contributed by atoms with E-state index in [0.717, 1.165) is 64.2 Å². The molecule has 0 aromatic carbocycles.